The Morgan fingerprint density at radius 1 is 1.20 bits per heavy atom. The number of hydrogen-bond acceptors (Lipinski definition) is 4. The van der Waals surface area contributed by atoms with Gasteiger partial charge < -0.3 is 10.6 Å². The zero-order valence-electron chi connectivity index (χ0n) is 13.8. The minimum atomic E-state index is -0.624. The number of nitrogens with one attached hydrogen (secondary N) is 1. The van der Waals surface area contributed by atoms with Crippen molar-refractivity contribution in [1.82, 2.24) is 10.2 Å². The second-order valence-electron chi connectivity index (χ2n) is 6.37. The number of carbonyl (C=O) groups is 1. The minimum Gasteiger partial charge on any atom is -0.384 e. The fraction of sp³-hybridized carbons (Fsp3) is 0.211. The highest BCUT2D eigenvalue weighted by Crippen LogP contribution is 2.49. The van der Waals surface area contributed by atoms with E-state index in [0.29, 0.717) is 11.2 Å². The monoisotopic (exact) mass is 334 g/mol. The summed E-state index contributed by atoms with van der Waals surface area (Å²) in [6, 6.07) is 15.4. The Balaban J connectivity index is 1.57. The molecule has 0 spiro atoms. The molecule has 0 aliphatic heterocycles. The van der Waals surface area contributed by atoms with Crippen molar-refractivity contribution in [3.63, 3.8) is 0 Å². The molecule has 1 aliphatic carbocycles. The largest absolute Gasteiger partial charge is 0.386 e. The van der Waals surface area contributed by atoms with Gasteiger partial charge in [0.1, 0.15) is 0 Å². The second-order valence-corrected chi connectivity index (χ2v) is 6.37. The molecule has 1 heterocycles. The summed E-state index contributed by atoms with van der Waals surface area (Å²) >= 11 is 0. The molecule has 4 rings (SSSR count). The number of rotatable bonds is 4. The Kier molecular flexibility index (Phi) is 3.53. The first-order chi connectivity index (χ1) is 12.1. The SMILES string of the molecule is Cc1ccccc1C1(/C(N)=N/OC(=O)c2n[nH]c3ccccc23)CC1. The normalized spacial score (nSPS) is 16.0. The quantitative estimate of drug-likeness (QED) is 0.332. The average Bonchev–Trinajstić information content (AvgIpc) is 3.32. The number of aryl methyl sites for hydroxylation is 1. The zero-order chi connectivity index (χ0) is 17.4. The number of aromatic nitrogens is 2. The van der Waals surface area contributed by atoms with Crippen molar-refractivity contribution < 1.29 is 9.63 Å². The molecule has 25 heavy (non-hydrogen) atoms. The summed E-state index contributed by atoms with van der Waals surface area (Å²) in [6.07, 6.45) is 1.80. The molecule has 1 aromatic heterocycles. The molecule has 126 valence electrons. The van der Waals surface area contributed by atoms with Gasteiger partial charge in [-0.2, -0.15) is 5.10 Å². The van der Waals surface area contributed by atoms with Crippen molar-refractivity contribution in [2.45, 2.75) is 25.2 Å². The Labute approximate surface area is 144 Å². The second kappa shape index (κ2) is 5.73. The van der Waals surface area contributed by atoms with E-state index < -0.39 is 5.97 Å². The molecule has 1 saturated carbocycles. The van der Waals surface area contributed by atoms with Crippen molar-refractivity contribution in [2.24, 2.45) is 10.9 Å². The Hall–Kier alpha value is -3.15. The first-order valence-corrected chi connectivity index (χ1v) is 8.16. The maximum absolute atomic E-state index is 12.3. The highest BCUT2D eigenvalue weighted by Gasteiger charge is 2.49. The molecule has 0 unspecified atom stereocenters. The standard InChI is InChI=1S/C19H18N4O2/c1-12-6-2-4-8-14(12)19(10-11-19)18(20)23-25-17(24)16-13-7-3-5-9-15(13)21-22-16/h2-9H,10-11H2,1H3,(H2,20,23)(H,21,22). The summed E-state index contributed by atoms with van der Waals surface area (Å²) in [5.74, 6) is -0.295. The lowest BCUT2D eigenvalue weighted by molar-refractivity contribution is 0.0509. The number of aromatic amines is 1. The van der Waals surface area contributed by atoms with Crippen LogP contribution in [0.5, 0.6) is 0 Å². The number of nitrogens with zero attached hydrogens (tertiary/aromatic N) is 2. The van der Waals surface area contributed by atoms with Gasteiger partial charge in [-0.15, -0.1) is 0 Å². The Morgan fingerprint density at radius 3 is 2.68 bits per heavy atom. The number of nitrogens with two attached hydrogens (primary N) is 1. The molecule has 0 bridgehead atoms. The van der Waals surface area contributed by atoms with Crippen LogP contribution in [-0.4, -0.2) is 22.0 Å². The van der Waals surface area contributed by atoms with Crippen LogP contribution in [0.4, 0.5) is 0 Å². The molecule has 2 aromatic carbocycles. The summed E-state index contributed by atoms with van der Waals surface area (Å²) in [7, 11) is 0. The Bertz CT molecular complexity index is 986. The van der Waals surface area contributed by atoms with E-state index >= 15 is 0 Å². The minimum absolute atomic E-state index is 0.202. The van der Waals surface area contributed by atoms with Gasteiger partial charge in [-0.25, -0.2) is 4.79 Å². The van der Waals surface area contributed by atoms with Gasteiger partial charge in [-0.05, 0) is 37.0 Å². The summed E-state index contributed by atoms with van der Waals surface area (Å²) in [5, 5.41) is 11.4. The van der Waals surface area contributed by atoms with Crippen LogP contribution >= 0.6 is 0 Å². The molecule has 0 atom stereocenters. The smallest absolute Gasteiger partial charge is 0.384 e. The van der Waals surface area contributed by atoms with Gasteiger partial charge in [0.15, 0.2) is 11.5 Å². The lowest BCUT2D eigenvalue weighted by Gasteiger charge is -2.16. The number of oxime groups is 1. The summed E-state index contributed by atoms with van der Waals surface area (Å²) < 4.78 is 0. The lowest BCUT2D eigenvalue weighted by Crippen LogP contribution is -2.30. The molecule has 6 nitrogen and oxygen atoms in total. The van der Waals surface area contributed by atoms with Gasteiger partial charge in [0.05, 0.1) is 10.9 Å². The van der Waals surface area contributed by atoms with E-state index in [4.69, 9.17) is 10.6 Å². The zero-order valence-corrected chi connectivity index (χ0v) is 13.8. The van der Waals surface area contributed by atoms with Crippen LogP contribution in [-0.2, 0) is 10.3 Å². The third-order valence-electron chi connectivity index (χ3n) is 4.79. The summed E-state index contributed by atoms with van der Waals surface area (Å²) in [4.78, 5) is 17.4. The van der Waals surface area contributed by atoms with Crippen LogP contribution in [0.2, 0.25) is 0 Å². The van der Waals surface area contributed by atoms with Gasteiger partial charge in [0, 0.05) is 5.39 Å². The van der Waals surface area contributed by atoms with Gasteiger partial charge in [-0.3, -0.25) is 5.10 Å². The highest BCUT2D eigenvalue weighted by atomic mass is 16.7. The average molecular weight is 334 g/mol. The fourth-order valence-electron chi connectivity index (χ4n) is 3.24. The maximum Gasteiger partial charge on any atom is 0.386 e. The molecule has 0 amide bonds. The predicted molar refractivity (Wildman–Crippen MR) is 95.2 cm³/mol. The molecular weight excluding hydrogens is 316 g/mol. The molecule has 6 heteroatoms. The Morgan fingerprint density at radius 2 is 1.92 bits per heavy atom. The topological polar surface area (TPSA) is 93.4 Å². The van der Waals surface area contributed by atoms with Gasteiger partial charge in [0.25, 0.3) is 0 Å². The van der Waals surface area contributed by atoms with Crippen LogP contribution in [0.15, 0.2) is 53.7 Å². The van der Waals surface area contributed by atoms with Gasteiger partial charge >= 0.3 is 5.97 Å². The van der Waals surface area contributed by atoms with E-state index in [9.17, 15) is 4.79 Å². The number of amidine groups is 1. The number of H-pyrrole nitrogens is 1. The first kappa shape index (κ1) is 15.4. The van der Waals surface area contributed by atoms with E-state index in [-0.39, 0.29) is 11.1 Å². The van der Waals surface area contributed by atoms with Crippen LogP contribution < -0.4 is 5.73 Å². The summed E-state index contributed by atoms with van der Waals surface area (Å²) in [6.45, 7) is 2.05. The third-order valence-corrected chi connectivity index (χ3v) is 4.79. The lowest BCUT2D eigenvalue weighted by atomic mass is 9.91. The van der Waals surface area contributed by atoms with E-state index in [1.54, 1.807) is 6.07 Å². The van der Waals surface area contributed by atoms with Gasteiger partial charge in [-0.1, -0.05) is 47.6 Å². The van der Waals surface area contributed by atoms with Crippen LogP contribution in [0.1, 0.15) is 34.5 Å². The molecule has 3 aromatic rings. The van der Waals surface area contributed by atoms with Crippen LogP contribution in [0.3, 0.4) is 0 Å². The fourth-order valence-corrected chi connectivity index (χ4v) is 3.24. The molecule has 1 fully saturated rings. The molecular formula is C19H18N4O2. The van der Waals surface area contributed by atoms with E-state index in [1.165, 1.54) is 0 Å². The van der Waals surface area contributed by atoms with Crippen molar-refractivity contribution in [3.8, 4) is 0 Å². The van der Waals surface area contributed by atoms with E-state index in [2.05, 4.69) is 15.4 Å². The first-order valence-electron chi connectivity index (χ1n) is 8.16. The van der Waals surface area contributed by atoms with E-state index in [1.807, 2.05) is 49.4 Å². The summed E-state index contributed by atoms with van der Waals surface area (Å²) in [5.41, 5.74) is 9.12. The van der Waals surface area contributed by atoms with Crippen LogP contribution in [0.25, 0.3) is 10.9 Å². The molecule has 3 N–H and O–H groups in total. The molecule has 0 saturated heterocycles. The number of hydrogen-bond donors (Lipinski definition) is 2. The predicted octanol–water partition coefficient (Wildman–Crippen LogP) is 3.03. The van der Waals surface area contributed by atoms with Gasteiger partial charge in [0.2, 0.25) is 0 Å². The van der Waals surface area contributed by atoms with Crippen LogP contribution in [0, 0.1) is 6.92 Å². The van der Waals surface area contributed by atoms with Crippen molar-refractivity contribution >= 4 is 22.7 Å². The van der Waals surface area contributed by atoms with Crippen molar-refractivity contribution in [1.29, 1.82) is 0 Å². The van der Waals surface area contributed by atoms with Crippen molar-refractivity contribution in [2.75, 3.05) is 0 Å². The third kappa shape index (κ3) is 2.55. The maximum atomic E-state index is 12.3. The number of fused-ring (bicyclic) bond motifs is 1. The number of para-hydroxylation sites is 1. The molecule has 0 radical (unpaired) electrons. The van der Waals surface area contributed by atoms with Crippen molar-refractivity contribution in [3.05, 3.63) is 65.4 Å². The van der Waals surface area contributed by atoms with E-state index in [0.717, 1.165) is 29.5 Å². The molecule has 1 aliphatic rings. The number of carbonyl (C=O) groups excluding carboxylic acids is 1. The highest BCUT2D eigenvalue weighted by molar-refractivity contribution is 6.02. The number of benzene rings is 2.